The number of nitrogens with one attached hydrogen (secondary N) is 1. The number of halogens is 1. The van der Waals surface area contributed by atoms with Crippen LogP contribution in [0.25, 0.3) is 10.6 Å². The summed E-state index contributed by atoms with van der Waals surface area (Å²) in [6.07, 6.45) is 0.730. The number of thioether (sulfide) groups is 1. The van der Waals surface area contributed by atoms with Crippen molar-refractivity contribution in [2.75, 3.05) is 5.32 Å². The van der Waals surface area contributed by atoms with Gasteiger partial charge >= 0.3 is 0 Å². The van der Waals surface area contributed by atoms with E-state index in [-0.39, 0.29) is 11.2 Å². The molecule has 7 heteroatoms. The van der Waals surface area contributed by atoms with Crippen molar-refractivity contribution in [1.82, 2.24) is 10.2 Å². The van der Waals surface area contributed by atoms with Gasteiger partial charge in [-0.05, 0) is 30.7 Å². The number of carbonyl (C=O) groups is 1. The van der Waals surface area contributed by atoms with Crippen LogP contribution in [-0.2, 0) is 4.79 Å². The molecule has 4 nitrogen and oxygen atoms in total. The molecule has 0 spiro atoms. The SMILES string of the molecule is CC[C@H](Sc1ccccc1)C(=O)Nc1nnc(-c2ccc(Cl)cc2)s1. The number of amides is 1. The standard InChI is InChI=1S/C18H16ClN3OS2/c1-2-15(24-14-6-4-3-5-7-14)16(23)20-18-22-21-17(25-18)12-8-10-13(19)11-9-12/h3-11,15H,2H2,1H3,(H,20,22,23)/t15-/m0/s1. The first-order valence-electron chi connectivity index (χ1n) is 7.77. The maximum Gasteiger partial charge on any atom is 0.239 e. The highest BCUT2D eigenvalue weighted by molar-refractivity contribution is 8.00. The van der Waals surface area contributed by atoms with Gasteiger partial charge in [0, 0.05) is 15.5 Å². The second kappa shape index (κ2) is 8.47. The number of anilines is 1. The zero-order valence-corrected chi connectivity index (χ0v) is 15.9. The smallest absolute Gasteiger partial charge is 0.239 e. The predicted molar refractivity (Wildman–Crippen MR) is 105 cm³/mol. The van der Waals surface area contributed by atoms with Crippen molar-refractivity contribution in [3.8, 4) is 10.6 Å². The number of rotatable bonds is 6. The third kappa shape index (κ3) is 4.81. The maximum absolute atomic E-state index is 12.5. The van der Waals surface area contributed by atoms with Crippen LogP contribution in [0.5, 0.6) is 0 Å². The lowest BCUT2D eigenvalue weighted by molar-refractivity contribution is -0.115. The zero-order chi connectivity index (χ0) is 17.6. The van der Waals surface area contributed by atoms with Crippen molar-refractivity contribution in [2.45, 2.75) is 23.5 Å². The van der Waals surface area contributed by atoms with Crippen molar-refractivity contribution < 1.29 is 4.79 Å². The van der Waals surface area contributed by atoms with Crippen LogP contribution in [0, 0.1) is 0 Å². The third-order valence-electron chi connectivity index (χ3n) is 3.43. The summed E-state index contributed by atoms with van der Waals surface area (Å²) >= 11 is 8.80. The van der Waals surface area contributed by atoms with Gasteiger partial charge < -0.3 is 0 Å². The summed E-state index contributed by atoms with van der Waals surface area (Å²) in [6, 6.07) is 17.3. The molecule has 0 aliphatic carbocycles. The van der Waals surface area contributed by atoms with Crippen LogP contribution in [0.2, 0.25) is 5.02 Å². The summed E-state index contributed by atoms with van der Waals surface area (Å²) in [5.74, 6) is -0.0600. The van der Waals surface area contributed by atoms with E-state index in [4.69, 9.17) is 11.6 Å². The molecule has 1 heterocycles. The minimum Gasteiger partial charge on any atom is -0.300 e. The molecule has 0 aliphatic heterocycles. The number of aromatic nitrogens is 2. The largest absolute Gasteiger partial charge is 0.300 e. The van der Waals surface area contributed by atoms with Gasteiger partial charge in [0.15, 0.2) is 0 Å². The first-order chi connectivity index (χ1) is 12.2. The van der Waals surface area contributed by atoms with Gasteiger partial charge in [-0.25, -0.2) is 0 Å². The maximum atomic E-state index is 12.5. The number of benzene rings is 2. The highest BCUT2D eigenvalue weighted by Gasteiger charge is 2.19. The van der Waals surface area contributed by atoms with E-state index in [0.29, 0.717) is 10.2 Å². The molecule has 3 rings (SSSR count). The minimum absolute atomic E-state index is 0.0600. The molecule has 0 radical (unpaired) electrons. The van der Waals surface area contributed by atoms with Gasteiger partial charge in [0.2, 0.25) is 11.0 Å². The van der Waals surface area contributed by atoms with Crippen molar-refractivity contribution in [3.05, 3.63) is 59.6 Å². The molecule has 25 heavy (non-hydrogen) atoms. The van der Waals surface area contributed by atoms with E-state index in [0.717, 1.165) is 21.9 Å². The number of nitrogens with zero attached hydrogens (tertiary/aromatic N) is 2. The number of hydrogen-bond donors (Lipinski definition) is 1. The van der Waals surface area contributed by atoms with Crippen LogP contribution in [0.1, 0.15) is 13.3 Å². The minimum atomic E-state index is -0.176. The predicted octanol–water partition coefficient (Wildman–Crippen LogP) is 5.37. The van der Waals surface area contributed by atoms with Gasteiger partial charge in [-0.2, -0.15) is 0 Å². The molecule has 0 unspecified atom stereocenters. The van der Waals surface area contributed by atoms with Crippen LogP contribution in [0.3, 0.4) is 0 Å². The van der Waals surface area contributed by atoms with E-state index in [2.05, 4.69) is 15.5 Å². The van der Waals surface area contributed by atoms with E-state index in [9.17, 15) is 4.79 Å². The molecule has 3 aromatic rings. The molecular weight excluding hydrogens is 374 g/mol. The summed E-state index contributed by atoms with van der Waals surface area (Å²) < 4.78 is 0. The molecule has 2 aromatic carbocycles. The molecule has 0 saturated carbocycles. The van der Waals surface area contributed by atoms with Gasteiger partial charge in [-0.3, -0.25) is 10.1 Å². The molecule has 1 amide bonds. The lowest BCUT2D eigenvalue weighted by atomic mass is 10.2. The molecule has 0 fully saturated rings. The summed E-state index contributed by atoms with van der Waals surface area (Å²) in [7, 11) is 0. The van der Waals surface area contributed by atoms with E-state index < -0.39 is 0 Å². The molecular formula is C18H16ClN3OS2. The Labute approximate surface area is 159 Å². The Morgan fingerprint density at radius 1 is 1.16 bits per heavy atom. The number of carbonyl (C=O) groups excluding carboxylic acids is 1. The van der Waals surface area contributed by atoms with Crippen LogP contribution >= 0.6 is 34.7 Å². The monoisotopic (exact) mass is 389 g/mol. The van der Waals surface area contributed by atoms with Gasteiger partial charge in [0.25, 0.3) is 0 Å². The van der Waals surface area contributed by atoms with E-state index in [1.807, 2.05) is 49.4 Å². The molecule has 0 saturated heterocycles. The van der Waals surface area contributed by atoms with Crippen LogP contribution in [-0.4, -0.2) is 21.4 Å². The van der Waals surface area contributed by atoms with Gasteiger partial charge in [0.1, 0.15) is 5.01 Å². The van der Waals surface area contributed by atoms with Gasteiger partial charge in [0.05, 0.1) is 5.25 Å². The first-order valence-corrected chi connectivity index (χ1v) is 9.85. The molecule has 128 valence electrons. The van der Waals surface area contributed by atoms with Gasteiger partial charge in [-0.1, -0.05) is 60.2 Å². The fourth-order valence-corrected chi connectivity index (χ4v) is 4.01. The highest BCUT2D eigenvalue weighted by Crippen LogP contribution is 2.29. The van der Waals surface area contributed by atoms with E-state index >= 15 is 0 Å². The second-order valence-electron chi connectivity index (χ2n) is 5.24. The average Bonchev–Trinajstić information content (AvgIpc) is 3.09. The lowest BCUT2D eigenvalue weighted by Gasteiger charge is -2.13. The van der Waals surface area contributed by atoms with Crippen molar-refractivity contribution in [2.24, 2.45) is 0 Å². The summed E-state index contributed by atoms with van der Waals surface area (Å²) in [6.45, 7) is 2.00. The van der Waals surface area contributed by atoms with Crippen LogP contribution in [0.4, 0.5) is 5.13 Å². The Bertz CT molecular complexity index is 837. The molecule has 1 N–H and O–H groups in total. The summed E-state index contributed by atoms with van der Waals surface area (Å²) in [5.41, 5.74) is 0.924. The highest BCUT2D eigenvalue weighted by atomic mass is 35.5. The Hall–Kier alpha value is -1.89. The Morgan fingerprint density at radius 2 is 1.88 bits per heavy atom. The quantitative estimate of drug-likeness (QED) is 0.576. The van der Waals surface area contributed by atoms with Crippen molar-refractivity contribution in [3.63, 3.8) is 0 Å². The molecule has 0 aliphatic rings. The fourth-order valence-electron chi connectivity index (χ4n) is 2.15. The first kappa shape index (κ1) is 17.9. The normalized spacial score (nSPS) is 11.9. The van der Waals surface area contributed by atoms with Crippen LogP contribution < -0.4 is 5.32 Å². The molecule has 1 atom stereocenters. The van der Waals surface area contributed by atoms with Crippen molar-refractivity contribution in [1.29, 1.82) is 0 Å². The summed E-state index contributed by atoms with van der Waals surface area (Å²) in [5, 5.41) is 12.8. The second-order valence-corrected chi connectivity index (χ2v) is 7.93. The molecule has 1 aromatic heterocycles. The third-order valence-corrected chi connectivity index (χ3v) is 5.95. The fraction of sp³-hybridized carbons (Fsp3) is 0.167. The Kier molecular flexibility index (Phi) is 6.07. The Morgan fingerprint density at radius 3 is 2.56 bits per heavy atom. The van der Waals surface area contributed by atoms with E-state index in [1.165, 1.54) is 11.3 Å². The van der Waals surface area contributed by atoms with Gasteiger partial charge in [-0.15, -0.1) is 22.0 Å². The summed E-state index contributed by atoms with van der Waals surface area (Å²) in [4.78, 5) is 13.6. The zero-order valence-electron chi connectivity index (χ0n) is 13.5. The van der Waals surface area contributed by atoms with Crippen LogP contribution in [0.15, 0.2) is 59.5 Å². The Balaban J connectivity index is 1.67. The lowest BCUT2D eigenvalue weighted by Crippen LogP contribution is -2.24. The van der Waals surface area contributed by atoms with E-state index in [1.54, 1.807) is 23.9 Å². The topological polar surface area (TPSA) is 54.9 Å². The average molecular weight is 390 g/mol. The van der Waals surface area contributed by atoms with Crippen molar-refractivity contribution >= 4 is 45.7 Å². The molecule has 0 bridgehead atoms. The number of hydrogen-bond acceptors (Lipinski definition) is 5.